The van der Waals surface area contributed by atoms with Crippen LogP contribution in [0.15, 0.2) is 24.3 Å². The smallest absolute Gasteiger partial charge is 0.269 e. The van der Waals surface area contributed by atoms with Gasteiger partial charge in [0, 0.05) is 18.2 Å². The highest BCUT2D eigenvalue weighted by Gasteiger charge is 2.41. The van der Waals surface area contributed by atoms with Gasteiger partial charge in [-0.2, -0.15) is 5.10 Å². The molecule has 0 radical (unpaired) electrons. The second-order valence-electron chi connectivity index (χ2n) is 10.1. The number of carbonyl (C=O) groups excluding carboxylic acids is 3. The molecule has 2 fully saturated rings. The van der Waals surface area contributed by atoms with Gasteiger partial charge in [-0.3, -0.25) is 19.1 Å². The number of amides is 2. The molecule has 4 rings (SSSR count). The van der Waals surface area contributed by atoms with E-state index in [1.165, 1.54) is 9.58 Å². The third-order valence-electron chi connectivity index (χ3n) is 6.92. The molecule has 1 aliphatic carbocycles. The molecular formula is C24H31FN4O3. The summed E-state index contributed by atoms with van der Waals surface area (Å²) in [5, 5.41) is 4.77. The lowest BCUT2D eigenvalue weighted by atomic mass is 9.70. The molecule has 2 amide bonds. The summed E-state index contributed by atoms with van der Waals surface area (Å²) >= 11 is 0. The van der Waals surface area contributed by atoms with Crippen molar-refractivity contribution >= 4 is 28.5 Å². The number of halogens is 1. The van der Waals surface area contributed by atoms with E-state index in [9.17, 15) is 18.8 Å². The zero-order valence-corrected chi connectivity index (χ0v) is 18.7. The van der Waals surface area contributed by atoms with Crippen LogP contribution >= 0.6 is 0 Å². The summed E-state index contributed by atoms with van der Waals surface area (Å²) in [7, 11) is 0. The lowest BCUT2D eigenvalue weighted by molar-refractivity contribution is -0.138. The van der Waals surface area contributed by atoms with Crippen molar-refractivity contribution in [2.45, 2.75) is 71.1 Å². The molecule has 32 heavy (non-hydrogen) atoms. The Morgan fingerprint density at radius 3 is 2.72 bits per heavy atom. The fourth-order valence-corrected chi connectivity index (χ4v) is 5.46. The SMILES string of the molecule is CC1(C)CCC[C@@H](CC(=O)[C@@H]2C[C@@H](F)CN2C(=O)Cn2nc(C(N)=O)c3ccccc32)C1. The molecular weight excluding hydrogens is 411 g/mol. The summed E-state index contributed by atoms with van der Waals surface area (Å²) in [6, 6.07) is 6.27. The summed E-state index contributed by atoms with van der Waals surface area (Å²) in [6.45, 7) is 4.18. The molecule has 0 bridgehead atoms. The Balaban J connectivity index is 1.50. The van der Waals surface area contributed by atoms with Crippen molar-refractivity contribution in [3.63, 3.8) is 0 Å². The molecule has 0 unspecified atom stereocenters. The minimum atomic E-state index is -1.22. The zero-order valence-electron chi connectivity index (χ0n) is 18.7. The van der Waals surface area contributed by atoms with Gasteiger partial charge in [0.1, 0.15) is 12.7 Å². The zero-order chi connectivity index (χ0) is 23.0. The number of nitrogens with zero attached hydrogens (tertiary/aromatic N) is 3. The van der Waals surface area contributed by atoms with E-state index in [0.717, 1.165) is 25.7 Å². The number of rotatable bonds is 6. The number of hydrogen-bond acceptors (Lipinski definition) is 4. The first-order chi connectivity index (χ1) is 15.1. The molecule has 3 atom stereocenters. The van der Waals surface area contributed by atoms with Gasteiger partial charge >= 0.3 is 0 Å². The fourth-order valence-electron chi connectivity index (χ4n) is 5.46. The van der Waals surface area contributed by atoms with Gasteiger partial charge in [0.05, 0.1) is 18.1 Å². The first-order valence-electron chi connectivity index (χ1n) is 11.4. The molecule has 1 saturated heterocycles. The van der Waals surface area contributed by atoms with Gasteiger partial charge in [0.25, 0.3) is 5.91 Å². The number of nitrogens with two attached hydrogens (primary N) is 1. The minimum absolute atomic E-state index is 0.0487. The van der Waals surface area contributed by atoms with Gasteiger partial charge in [-0.05, 0) is 36.7 Å². The van der Waals surface area contributed by atoms with Crippen LogP contribution in [0.1, 0.15) is 62.9 Å². The molecule has 7 nitrogen and oxygen atoms in total. The van der Waals surface area contributed by atoms with E-state index in [1.54, 1.807) is 24.3 Å². The first-order valence-corrected chi connectivity index (χ1v) is 11.4. The Bertz CT molecular complexity index is 1050. The number of para-hydroxylation sites is 1. The van der Waals surface area contributed by atoms with Crippen molar-refractivity contribution in [2.75, 3.05) is 6.54 Å². The summed E-state index contributed by atoms with van der Waals surface area (Å²) in [5.41, 5.74) is 6.33. The molecule has 8 heteroatoms. The lowest BCUT2D eigenvalue weighted by Crippen LogP contribution is -2.43. The molecule has 0 spiro atoms. The number of likely N-dealkylation sites (tertiary alicyclic amines) is 1. The van der Waals surface area contributed by atoms with Gasteiger partial charge in [0.15, 0.2) is 11.5 Å². The highest BCUT2D eigenvalue weighted by molar-refractivity contribution is 6.04. The normalized spacial score (nSPS) is 25.2. The number of ketones is 1. The van der Waals surface area contributed by atoms with E-state index in [1.807, 2.05) is 0 Å². The van der Waals surface area contributed by atoms with E-state index in [2.05, 4.69) is 18.9 Å². The maximum absolute atomic E-state index is 14.3. The largest absolute Gasteiger partial charge is 0.364 e. The van der Waals surface area contributed by atoms with Gasteiger partial charge in [0.2, 0.25) is 5.91 Å². The molecule has 2 N–H and O–H groups in total. The quantitative estimate of drug-likeness (QED) is 0.742. The average Bonchev–Trinajstić information content (AvgIpc) is 3.28. The molecule has 1 aromatic carbocycles. The summed E-state index contributed by atoms with van der Waals surface area (Å²) in [4.78, 5) is 39.3. The predicted molar refractivity (Wildman–Crippen MR) is 119 cm³/mol. The van der Waals surface area contributed by atoms with Gasteiger partial charge < -0.3 is 10.6 Å². The maximum Gasteiger partial charge on any atom is 0.269 e. The number of aromatic nitrogens is 2. The van der Waals surface area contributed by atoms with Crippen LogP contribution in [0.3, 0.4) is 0 Å². The van der Waals surface area contributed by atoms with Crippen LogP contribution in [0.4, 0.5) is 4.39 Å². The van der Waals surface area contributed by atoms with Gasteiger partial charge in [-0.1, -0.05) is 38.5 Å². The highest BCUT2D eigenvalue weighted by atomic mass is 19.1. The van der Waals surface area contributed by atoms with E-state index >= 15 is 0 Å². The summed E-state index contributed by atoms with van der Waals surface area (Å²) in [6.07, 6.45) is 3.46. The van der Waals surface area contributed by atoms with Crippen LogP contribution in [-0.4, -0.2) is 51.0 Å². The van der Waals surface area contributed by atoms with Crippen molar-refractivity contribution in [3.05, 3.63) is 30.0 Å². The number of primary amides is 1. The molecule has 1 aromatic heterocycles. The first kappa shape index (κ1) is 22.4. The summed E-state index contributed by atoms with van der Waals surface area (Å²) in [5.74, 6) is -0.822. The Morgan fingerprint density at radius 1 is 1.25 bits per heavy atom. The van der Waals surface area contributed by atoms with Crippen LogP contribution in [0.5, 0.6) is 0 Å². The number of hydrogen-bond donors (Lipinski definition) is 1. The average molecular weight is 443 g/mol. The number of benzene rings is 1. The second kappa shape index (κ2) is 8.64. The lowest BCUT2D eigenvalue weighted by Gasteiger charge is -2.35. The van der Waals surface area contributed by atoms with Crippen molar-refractivity contribution < 1.29 is 18.8 Å². The van der Waals surface area contributed by atoms with E-state index in [4.69, 9.17) is 5.73 Å². The topological polar surface area (TPSA) is 98.3 Å². The Hall–Kier alpha value is -2.77. The molecule has 2 heterocycles. The van der Waals surface area contributed by atoms with Crippen molar-refractivity contribution in [2.24, 2.45) is 17.1 Å². The van der Waals surface area contributed by atoms with E-state index in [0.29, 0.717) is 17.3 Å². The van der Waals surface area contributed by atoms with Crippen LogP contribution in [0.25, 0.3) is 10.9 Å². The van der Waals surface area contributed by atoms with Crippen LogP contribution in [-0.2, 0) is 16.1 Å². The fraction of sp³-hybridized carbons (Fsp3) is 0.583. The van der Waals surface area contributed by atoms with E-state index in [-0.39, 0.29) is 48.2 Å². The Labute approximate surface area is 187 Å². The molecule has 1 saturated carbocycles. The summed E-state index contributed by atoms with van der Waals surface area (Å²) < 4.78 is 15.7. The van der Waals surface area contributed by atoms with Crippen LogP contribution in [0, 0.1) is 11.3 Å². The molecule has 1 aliphatic heterocycles. The van der Waals surface area contributed by atoms with Gasteiger partial charge in [-0.25, -0.2) is 4.39 Å². The van der Waals surface area contributed by atoms with E-state index < -0.39 is 18.1 Å². The predicted octanol–water partition coefficient (Wildman–Crippen LogP) is 3.25. The Kier molecular flexibility index (Phi) is 6.05. The monoisotopic (exact) mass is 442 g/mol. The number of alkyl halides is 1. The van der Waals surface area contributed by atoms with Crippen LogP contribution < -0.4 is 5.73 Å². The molecule has 2 aromatic rings. The van der Waals surface area contributed by atoms with Crippen molar-refractivity contribution in [1.82, 2.24) is 14.7 Å². The Morgan fingerprint density at radius 2 is 2.00 bits per heavy atom. The number of fused-ring (bicyclic) bond motifs is 1. The van der Waals surface area contributed by atoms with Gasteiger partial charge in [-0.15, -0.1) is 0 Å². The second-order valence-corrected chi connectivity index (χ2v) is 10.1. The molecule has 2 aliphatic rings. The number of carbonyl (C=O) groups is 3. The highest BCUT2D eigenvalue weighted by Crippen LogP contribution is 2.40. The molecule has 172 valence electrons. The van der Waals surface area contributed by atoms with Crippen LogP contribution in [0.2, 0.25) is 0 Å². The standard InChI is InChI=1S/C24H31FN4O3/c1-24(2)9-5-6-15(12-24)10-20(30)19-11-16(25)13-28(19)21(31)14-29-18-8-4-3-7-17(18)22(27-29)23(26)32/h3-4,7-8,15-16,19H,5-6,9-14H2,1-2H3,(H2,26,32)/t15-,16+,19-/m0/s1. The third-order valence-corrected chi connectivity index (χ3v) is 6.92. The third kappa shape index (κ3) is 4.54. The van der Waals surface area contributed by atoms with Crippen molar-refractivity contribution in [3.8, 4) is 0 Å². The number of Topliss-reactive ketones (excluding diaryl/α,β-unsaturated/α-hetero) is 1. The van der Waals surface area contributed by atoms with Crippen molar-refractivity contribution in [1.29, 1.82) is 0 Å². The minimum Gasteiger partial charge on any atom is -0.364 e. The maximum atomic E-state index is 14.3.